The van der Waals surface area contributed by atoms with Gasteiger partial charge in [-0.1, -0.05) is 24.3 Å². The van der Waals surface area contributed by atoms with E-state index in [0.717, 1.165) is 7.11 Å². The van der Waals surface area contributed by atoms with Crippen LogP contribution in [0.5, 0.6) is 11.5 Å². The summed E-state index contributed by atoms with van der Waals surface area (Å²) in [6.07, 6.45) is 0.599. The molecular formula is C24H26O8. The van der Waals surface area contributed by atoms with Gasteiger partial charge < -0.3 is 29.9 Å². The van der Waals surface area contributed by atoms with Crippen molar-refractivity contribution in [1.82, 2.24) is 0 Å². The van der Waals surface area contributed by atoms with Crippen LogP contribution in [0.3, 0.4) is 0 Å². The van der Waals surface area contributed by atoms with Crippen molar-refractivity contribution in [3.8, 4) is 11.5 Å². The van der Waals surface area contributed by atoms with E-state index in [-0.39, 0.29) is 23.5 Å². The Morgan fingerprint density at radius 1 is 1.09 bits per heavy atom. The molecule has 0 spiro atoms. The van der Waals surface area contributed by atoms with Gasteiger partial charge in [0, 0.05) is 6.42 Å². The van der Waals surface area contributed by atoms with E-state index in [1.165, 1.54) is 30.3 Å². The van der Waals surface area contributed by atoms with Crippen LogP contribution in [0.4, 0.5) is 0 Å². The fourth-order valence-corrected chi connectivity index (χ4v) is 3.73. The molecule has 0 aliphatic carbocycles. The highest BCUT2D eigenvalue weighted by Gasteiger charge is 2.55. The van der Waals surface area contributed by atoms with Gasteiger partial charge in [-0.05, 0) is 61.6 Å². The molecule has 4 N–H and O–H groups in total. The largest absolute Gasteiger partial charge is 0.508 e. The quantitative estimate of drug-likeness (QED) is 0.481. The van der Waals surface area contributed by atoms with E-state index < -0.39 is 28.9 Å². The molecule has 0 saturated carbocycles. The number of benzene rings is 2. The second-order valence-electron chi connectivity index (χ2n) is 8.43. The molecule has 170 valence electrons. The van der Waals surface area contributed by atoms with Gasteiger partial charge in [0.15, 0.2) is 0 Å². The standard InChI is InChI=1S/C24H26O8/c1-23(2,30)11-10-16-12-14(4-9-18(16)26)13-24(22(29)31-3)19(20(27)21(28)32-24)15-5-7-17(25)8-6-15/h4-9,12,25-27,30H,10-11,13H2,1-3H3. The number of carbonyl (C=O) groups excluding carboxylic acids is 2. The van der Waals surface area contributed by atoms with E-state index in [9.17, 15) is 30.0 Å². The van der Waals surface area contributed by atoms with Crippen molar-refractivity contribution in [2.45, 2.75) is 44.3 Å². The van der Waals surface area contributed by atoms with E-state index in [0.29, 0.717) is 29.5 Å². The third-order valence-electron chi connectivity index (χ3n) is 5.38. The first-order valence-corrected chi connectivity index (χ1v) is 10.0. The van der Waals surface area contributed by atoms with Crippen LogP contribution in [0.25, 0.3) is 5.57 Å². The number of esters is 2. The molecule has 0 fully saturated rings. The minimum Gasteiger partial charge on any atom is -0.508 e. The first kappa shape index (κ1) is 23.1. The zero-order valence-electron chi connectivity index (χ0n) is 18.1. The lowest BCUT2D eigenvalue weighted by molar-refractivity contribution is -0.169. The number of methoxy groups -OCH3 is 1. The van der Waals surface area contributed by atoms with Crippen LogP contribution in [0.2, 0.25) is 0 Å². The molecule has 0 amide bonds. The lowest BCUT2D eigenvalue weighted by Gasteiger charge is -2.28. The number of aryl methyl sites for hydroxylation is 1. The van der Waals surface area contributed by atoms with Crippen molar-refractivity contribution in [1.29, 1.82) is 0 Å². The monoisotopic (exact) mass is 442 g/mol. The molecule has 8 heteroatoms. The van der Waals surface area contributed by atoms with Gasteiger partial charge >= 0.3 is 11.9 Å². The van der Waals surface area contributed by atoms with Crippen molar-refractivity contribution in [2.24, 2.45) is 0 Å². The topological polar surface area (TPSA) is 134 Å². The molecular weight excluding hydrogens is 416 g/mol. The summed E-state index contributed by atoms with van der Waals surface area (Å²) in [7, 11) is 1.15. The van der Waals surface area contributed by atoms with Gasteiger partial charge in [-0.2, -0.15) is 0 Å². The number of aromatic hydroxyl groups is 2. The predicted octanol–water partition coefficient (Wildman–Crippen LogP) is 2.78. The molecule has 1 aliphatic rings. The Bertz CT molecular complexity index is 1060. The summed E-state index contributed by atoms with van der Waals surface area (Å²) in [6.45, 7) is 3.32. The van der Waals surface area contributed by atoms with Crippen LogP contribution in [0.1, 0.15) is 37.0 Å². The molecule has 1 atom stereocenters. The number of carbonyl (C=O) groups is 2. The summed E-state index contributed by atoms with van der Waals surface area (Å²) in [6, 6.07) is 10.3. The van der Waals surface area contributed by atoms with Gasteiger partial charge in [-0.15, -0.1) is 0 Å². The molecule has 2 aromatic carbocycles. The number of aliphatic hydroxyl groups is 2. The van der Waals surface area contributed by atoms with E-state index in [2.05, 4.69) is 0 Å². The fraction of sp³-hybridized carbons (Fsp3) is 0.333. The van der Waals surface area contributed by atoms with Crippen LogP contribution in [0, 0.1) is 0 Å². The van der Waals surface area contributed by atoms with Crippen LogP contribution >= 0.6 is 0 Å². The highest BCUT2D eigenvalue weighted by molar-refractivity contribution is 6.11. The second kappa shape index (κ2) is 8.55. The third kappa shape index (κ3) is 4.55. The highest BCUT2D eigenvalue weighted by atomic mass is 16.6. The van der Waals surface area contributed by atoms with Crippen molar-refractivity contribution in [2.75, 3.05) is 7.11 Å². The molecule has 32 heavy (non-hydrogen) atoms. The number of hydrogen-bond acceptors (Lipinski definition) is 8. The third-order valence-corrected chi connectivity index (χ3v) is 5.38. The smallest absolute Gasteiger partial charge is 0.375 e. The summed E-state index contributed by atoms with van der Waals surface area (Å²) in [4.78, 5) is 25.2. The van der Waals surface area contributed by atoms with Gasteiger partial charge in [0.1, 0.15) is 11.5 Å². The fourth-order valence-electron chi connectivity index (χ4n) is 3.73. The summed E-state index contributed by atoms with van der Waals surface area (Å²) in [5.74, 6) is -2.67. The minimum atomic E-state index is -1.96. The maximum atomic E-state index is 12.9. The molecule has 1 aliphatic heterocycles. The second-order valence-corrected chi connectivity index (χ2v) is 8.43. The molecule has 1 heterocycles. The Kier molecular flexibility index (Phi) is 6.18. The van der Waals surface area contributed by atoms with Gasteiger partial charge in [0.25, 0.3) is 0 Å². The predicted molar refractivity (Wildman–Crippen MR) is 115 cm³/mol. The van der Waals surface area contributed by atoms with E-state index in [4.69, 9.17) is 9.47 Å². The molecule has 3 rings (SSSR count). The molecule has 0 aromatic heterocycles. The van der Waals surface area contributed by atoms with Gasteiger partial charge in [-0.25, -0.2) is 9.59 Å². The molecule has 0 radical (unpaired) electrons. The average Bonchev–Trinajstić information content (AvgIpc) is 2.98. The lowest BCUT2D eigenvalue weighted by Crippen LogP contribution is -2.44. The van der Waals surface area contributed by atoms with Gasteiger partial charge in [-0.3, -0.25) is 0 Å². The lowest BCUT2D eigenvalue weighted by atomic mass is 9.82. The summed E-state index contributed by atoms with van der Waals surface area (Å²) >= 11 is 0. The number of cyclic esters (lactones) is 1. The van der Waals surface area contributed by atoms with E-state index >= 15 is 0 Å². The van der Waals surface area contributed by atoms with Crippen LogP contribution in [-0.2, 0) is 31.9 Å². The maximum Gasteiger partial charge on any atom is 0.375 e. The Morgan fingerprint density at radius 2 is 1.75 bits per heavy atom. The zero-order chi connectivity index (χ0) is 23.7. The van der Waals surface area contributed by atoms with Gasteiger partial charge in [0.05, 0.1) is 18.3 Å². The zero-order valence-corrected chi connectivity index (χ0v) is 18.1. The van der Waals surface area contributed by atoms with Crippen molar-refractivity contribution in [3.63, 3.8) is 0 Å². The first-order chi connectivity index (χ1) is 15.0. The maximum absolute atomic E-state index is 12.9. The SMILES string of the molecule is COC(=O)C1(Cc2ccc(O)c(CCC(C)(C)O)c2)OC(=O)C(O)=C1c1ccc(O)cc1. The Hall–Kier alpha value is -3.52. The molecule has 0 saturated heterocycles. The van der Waals surface area contributed by atoms with Crippen molar-refractivity contribution >= 4 is 17.5 Å². The number of ether oxygens (including phenoxy) is 2. The molecule has 8 nitrogen and oxygen atoms in total. The molecule has 2 aromatic rings. The van der Waals surface area contributed by atoms with Gasteiger partial charge in [0.2, 0.25) is 11.4 Å². The minimum absolute atomic E-state index is 0.0299. The number of aliphatic hydroxyl groups excluding tert-OH is 1. The van der Waals surface area contributed by atoms with E-state index in [1.54, 1.807) is 26.0 Å². The first-order valence-electron chi connectivity index (χ1n) is 10.0. The Balaban J connectivity index is 2.06. The van der Waals surface area contributed by atoms with E-state index in [1.807, 2.05) is 0 Å². The van der Waals surface area contributed by atoms with Crippen molar-refractivity contribution in [3.05, 3.63) is 64.9 Å². The van der Waals surface area contributed by atoms with Crippen molar-refractivity contribution < 1.29 is 39.5 Å². The number of hydrogen-bond donors (Lipinski definition) is 4. The Morgan fingerprint density at radius 3 is 2.34 bits per heavy atom. The molecule has 0 bridgehead atoms. The van der Waals surface area contributed by atoms with Crippen LogP contribution in [0.15, 0.2) is 48.2 Å². The Labute approximate surface area is 185 Å². The summed E-state index contributed by atoms with van der Waals surface area (Å²) in [5, 5.41) is 40.3. The number of phenolic OH excluding ortho intramolecular Hbond substituents is 2. The normalized spacial score (nSPS) is 18.6. The number of phenols is 2. The summed E-state index contributed by atoms with van der Waals surface area (Å²) in [5.41, 5.74) is -1.57. The number of rotatable bonds is 7. The highest BCUT2D eigenvalue weighted by Crippen LogP contribution is 2.43. The summed E-state index contributed by atoms with van der Waals surface area (Å²) < 4.78 is 10.3. The van der Waals surface area contributed by atoms with Crippen LogP contribution in [-0.4, -0.2) is 50.7 Å². The molecule has 1 unspecified atom stereocenters. The van der Waals surface area contributed by atoms with Crippen LogP contribution < -0.4 is 0 Å². The average molecular weight is 442 g/mol.